The summed E-state index contributed by atoms with van der Waals surface area (Å²) in [7, 11) is 0. The summed E-state index contributed by atoms with van der Waals surface area (Å²) in [5, 5.41) is 16.9. The summed E-state index contributed by atoms with van der Waals surface area (Å²) >= 11 is 1.69. The lowest BCUT2D eigenvalue weighted by Crippen LogP contribution is -2.41. The van der Waals surface area contributed by atoms with Crippen LogP contribution in [0.2, 0.25) is 0 Å². The zero-order valence-corrected chi connectivity index (χ0v) is 20.7. The van der Waals surface area contributed by atoms with Gasteiger partial charge in [-0.3, -0.25) is 4.79 Å². The maximum absolute atomic E-state index is 13.1. The number of rotatable bonds is 5. The van der Waals surface area contributed by atoms with Crippen molar-refractivity contribution in [3.8, 4) is 16.4 Å². The number of carbonyl (C=O) groups is 1. The van der Waals surface area contributed by atoms with Gasteiger partial charge in [-0.15, -0.1) is 21.5 Å². The van der Waals surface area contributed by atoms with Crippen molar-refractivity contribution in [3.63, 3.8) is 0 Å². The predicted octanol–water partition coefficient (Wildman–Crippen LogP) is 5.10. The van der Waals surface area contributed by atoms with Crippen LogP contribution in [-0.2, 0) is 4.79 Å². The predicted molar refractivity (Wildman–Crippen MR) is 143 cm³/mol. The van der Waals surface area contributed by atoms with Gasteiger partial charge in [-0.1, -0.05) is 6.07 Å². The zero-order chi connectivity index (χ0) is 24.5. The van der Waals surface area contributed by atoms with Gasteiger partial charge in [0.2, 0.25) is 5.91 Å². The van der Waals surface area contributed by atoms with Crippen molar-refractivity contribution in [2.75, 3.05) is 23.3 Å². The first-order chi connectivity index (χ1) is 17.6. The summed E-state index contributed by atoms with van der Waals surface area (Å²) in [5.41, 5.74) is 4.09. The van der Waals surface area contributed by atoms with Gasteiger partial charge in [0, 0.05) is 36.7 Å². The number of hydrogen-bond donors (Lipinski definition) is 1. The molecule has 3 aromatic heterocycles. The van der Waals surface area contributed by atoms with Crippen molar-refractivity contribution >= 4 is 39.0 Å². The van der Waals surface area contributed by atoms with Gasteiger partial charge in [-0.25, -0.2) is 9.67 Å². The highest BCUT2D eigenvalue weighted by molar-refractivity contribution is 7.21. The third-order valence-electron chi connectivity index (χ3n) is 6.44. The summed E-state index contributed by atoms with van der Waals surface area (Å²) in [6.07, 6.45) is 5.32. The Morgan fingerprint density at radius 3 is 2.67 bits per heavy atom. The maximum atomic E-state index is 13.1. The molecule has 1 N–H and O–H groups in total. The van der Waals surface area contributed by atoms with Gasteiger partial charge in [0.05, 0.1) is 16.1 Å². The lowest BCUT2D eigenvalue weighted by molar-refractivity contribution is -0.120. The van der Waals surface area contributed by atoms with E-state index in [-0.39, 0.29) is 11.8 Å². The minimum absolute atomic E-state index is 0.0315. The third-order valence-corrected chi connectivity index (χ3v) is 7.50. The average Bonchev–Trinajstić information content (AvgIpc) is 3.60. The molecule has 9 heteroatoms. The van der Waals surface area contributed by atoms with Crippen molar-refractivity contribution in [3.05, 3.63) is 78.6 Å². The molecule has 1 amide bonds. The second-order valence-corrected chi connectivity index (χ2v) is 10.1. The monoisotopic (exact) mass is 495 g/mol. The fourth-order valence-electron chi connectivity index (χ4n) is 4.51. The SMILES string of the molecule is Cc1ccc2nc(-c3ccc(NC(=O)C4CCCN(c5ccc(-n6cccn6)nn5)C4)cc3)sc2c1. The van der Waals surface area contributed by atoms with E-state index in [0.29, 0.717) is 12.4 Å². The first kappa shape index (κ1) is 22.4. The number of amides is 1. The Bertz CT molecular complexity index is 1490. The molecule has 180 valence electrons. The van der Waals surface area contributed by atoms with E-state index in [2.05, 4.69) is 50.6 Å². The normalized spacial score (nSPS) is 15.8. The number of fused-ring (bicyclic) bond motifs is 1. The van der Waals surface area contributed by atoms with E-state index in [1.807, 2.05) is 48.7 Å². The Kier molecular flexibility index (Phi) is 5.90. The standard InChI is InChI=1S/C27H25N7OS/c1-18-5-10-22-23(16-18)36-27(30-22)19-6-8-21(9-7-19)29-26(35)20-4-2-14-33(17-20)24-11-12-25(32-31-24)34-15-3-13-28-34/h3,5-13,15-16,20H,2,4,14,17H2,1H3,(H,29,35). The molecule has 4 heterocycles. The van der Waals surface area contributed by atoms with E-state index in [9.17, 15) is 4.79 Å². The topological polar surface area (TPSA) is 88.8 Å². The van der Waals surface area contributed by atoms with Crippen molar-refractivity contribution in [2.24, 2.45) is 5.92 Å². The molecule has 1 aliphatic rings. The molecule has 0 spiro atoms. The van der Waals surface area contributed by atoms with Crippen molar-refractivity contribution in [1.29, 1.82) is 0 Å². The number of benzene rings is 2. The number of hydrogen-bond acceptors (Lipinski definition) is 7. The van der Waals surface area contributed by atoms with Crippen LogP contribution in [0, 0.1) is 12.8 Å². The Hall–Kier alpha value is -4.11. The second kappa shape index (κ2) is 9.50. The van der Waals surface area contributed by atoms with E-state index in [1.54, 1.807) is 22.2 Å². The number of thiazole rings is 1. The third kappa shape index (κ3) is 4.57. The molecule has 0 radical (unpaired) electrons. The van der Waals surface area contributed by atoms with Crippen molar-refractivity contribution in [2.45, 2.75) is 19.8 Å². The molecule has 36 heavy (non-hydrogen) atoms. The van der Waals surface area contributed by atoms with Crippen LogP contribution in [0.3, 0.4) is 0 Å². The van der Waals surface area contributed by atoms with Crippen LogP contribution >= 0.6 is 11.3 Å². The second-order valence-electron chi connectivity index (χ2n) is 9.04. The summed E-state index contributed by atoms with van der Waals surface area (Å²) in [6.45, 7) is 3.56. The molecule has 1 saturated heterocycles. The number of nitrogens with one attached hydrogen (secondary N) is 1. The molecule has 8 nitrogen and oxygen atoms in total. The van der Waals surface area contributed by atoms with Crippen molar-refractivity contribution < 1.29 is 4.79 Å². The van der Waals surface area contributed by atoms with E-state index in [1.165, 1.54) is 10.3 Å². The Morgan fingerprint density at radius 1 is 1.06 bits per heavy atom. The Morgan fingerprint density at radius 2 is 1.89 bits per heavy atom. The van der Waals surface area contributed by atoms with E-state index in [4.69, 9.17) is 4.98 Å². The first-order valence-electron chi connectivity index (χ1n) is 12.0. The van der Waals surface area contributed by atoms with Gasteiger partial charge in [0.15, 0.2) is 11.6 Å². The highest BCUT2D eigenvalue weighted by atomic mass is 32.1. The summed E-state index contributed by atoms with van der Waals surface area (Å²) < 4.78 is 2.86. The molecular weight excluding hydrogens is 470 g/mol. The van der Waals surface area contributed by atoms with E-state index >= 15 is 0 Å². The van der Waals surface area contributed by atoms with Crippen LogP contribution in [0.15, 0.2) is 73.1 Å². The minimum atomic E-state index is -0.112. The van der Waals surface area contributed by atoms with Gasteiger partial charge in [0.25, 0.3) is 0 Å². The molecule has 0 aliphatic carbocycles. The van der Waals surface area contributed by atoms with Gasteiger partial charge in [-0.2, -0.15) is 5.10 Å². The highest BCUT2D eigenvalue weighted by Crippen LogP contribution is 2.31. The van der Waals surface area contributed by atoms with Gasteiger partial charge >= 0.3 is 0 Å². The lowest BCUT2D eigenvalue weighted by Gasteiger charge is -2.32. The summed E-state index contributed by atoms with van der Waals surface area (Å²) in [6, 6.07) is 19.9. The first-order valence-corrected chi connectivity index (χ1v) is 12.8. The van der Waals surface area contributed by atoms with Gasteiger partial charge in [-0.05, 0) is 79.9 Å². The molecule has 1 aliphatic heterocycles. The molecule has 1 fully saturated rings. The van der Waals surface area contributed by atoms with Crippen LogP contribution in [0.25, 0.3) is 26.6 Å². The number of aryl methyl sites for hydroxylation is 1. The van der Waals surface area contributed by atoms with Gasteiger partial charge < -0.3 is 10.2 Å². The largest absolute Gasteiger partial charge is 0.354 e. The minimum Gasteiger partial charge on any atom is -0.354 e. The van der Waals surface area contributed by atoms with Crippen molar-refractivity contribution in [1.82, 2.24) is 25.0 Å². The molecule has 0 bridgehead atoms. The molecule has 0 saturated carbocycles. The van der Waals surface area contributed by atoms with E-state index < -0.39 is 0 Å². The van der Waals surface area contributed by atoms with Crippen LogP contribution in [-0.4, -0.2) is 44.0 Å². The molecule has 6 rings (SSSR count). The van der Waals surface area contributed by atoms with Crippen LogP contribution in [0.4, 0.5) is 11.5 Å². The highest BCUT2D eigenvalue weighted by Gasteiger charge is 2.27. The zero-order valence-electron chi connectivity index (χ0n) is 19.8. The number of nitrogens with zero attached hydrogens (tertiary/aromatic N) is 6. The van der Waals surface area contributed by atoms with Crippen LogP contribution in [0.5, 0.6) is 0 Å². The Labute approximate surface area is 212 Å². The molecule has 2 aromatic carbocycles. The number of aromatic nitrogens is 5. The lowest BCUT2D eigenvalue weighted by atomic mass is 9.97. The number of piperidine rings is 1. The molecule has 5 aromatic rings. The van der Waals surface area contributed by atoms with Crippen LogP contribution in [0.1, 0.15) is 18.4 Å². The maximum Gasteiger partial charge on any atom is 0.229 e. The fourth-order valence-corrected chi connectivity index (χ4v) is 5.58. The summed E-state index contributed by atoms with van der Waals surface area (Å²) in [4.78, 5) is 19.9. The quantitative estimate of drug-likeness (QED) is 0.365. The number of carbonyl (C=O) groups excluding carboxylic acids is 1. The number of anilines is 2. The van der Waals surface area contributed by atoms with Crippen LogP contribution < -0.4 is 10.2 Å². The molecule has 1 atom stereocenters. The summed E-state index contributed by atoms with van der Waals surface area (Å²) in [5.74, 6) is 1.36. The molecular formula is C27H25N7OS. The fraction of sp³-hybridized carbons (Fsp3) is 0.222. The average molecular weight is 496 g/mol. The molecule has 1 unspecified atom stereocenters. The van der Waals surface area contributed by atoms with E-state index in [0.717, 1.165) is 47.0 Å². The Balaban J connectivity index is 1.10. The van der Waals surface area contributed by atoms with Gasteiger partial charge in [0.1, 0.15) is 5.01 Å². The smallest absolute Gasteiger partial charge is 0.229 e.